The van der Waals surface area contributed by atoms with Crippen LogP contribution in [0.4, 0.5) is 0 Å². The van der Waals surface area contributed by atoms with Crippen LogP contribution in [0, 0.1) is 13.8 Å². The fourth-order valence-electron chi connectivity index (χ4n) is 2.24. The SMILES string of the molecule is Cc1ccc(C)c(Oc2ccc(-c3ccc(C=O)o3)cc2Cl)c1. The molecule has 1 heterocycles. The second-order valence-corrected chi connectivity index (χ2v) is 5.74. The number of rotatable bonds is 4. The highest BCUT2D eigenvalue weighted by Gasteiger charge is 2.10. The molecule has 0 fully saturated rings. The predicted molar refractivity (Wildman–Crippen MR) is 90.5 cm³/mol. The molecule has 0 aliphatic carbocycles. The van der Waals surface area contributed by atoms with E-state index in [1.807, 2.05) is 38.1 Å². The summed E-state index contributed by atoms with van der Waals surface area (Å²) in [6.07, 6.45) is 0.670. The Balaban J connectivity index is 1.90. The Morgan fingerprint density at radius 2 is 1.83 bits per heavy atom. The lowest BCUT2D eigenvalue weighted by Gasteiger charge is -2.11. The van der Waals surface area contributed by atoms with Gasteiger partial charge in [-0.3, -0.25) is 4.79 Å². The third-order valence-corrected chi connectivity index (χ3v) is 3.82. The number of halogens is 1. The van der Waals surface area contributed by atoms with Gasteiger partial charge in [0.05, 0.1) is 5.02 Å². The smallest absolute Gasteiger partial charge is 0.185 e. The lowest BCUT2D eigenvalue weighted by molar-refractivity contribution is 0.110. The van der Waals surface area contributed by atoms with Crippen molar-refractivity contribution in [3.05, 3.63) is 70.4 Å². The third-order valence-electron chi connectivity index (χ3n) is 3.52. The quantitative estimate of drug-likeness (QED) is 0.567. The van der Waals surface area contributed by atoms with Crippen molar-refractivity contribution in [2.45, 2.75) is 13.8 Å². The van der Waals surface area contributed by atoms with E-state index in [1.165, 1.54) is 0 Å². The van der Waals surface area contributed by atoms with Crippen molar-refractivity contribution < 1.29 is 13.9 Å². The van der Waals surface area contributed by atoms with Gasteiger partial charge in [0.2, 0.25) is 0 Å². The first-order valence-corrected chi connectivity index (χ1v) is 7.54. The van der Waals surface area contributed by atoms with Gasteiger partial charge in [0.15, 0.2) is 12.0 Å². The summed E-state index contributed by atoms with van der Waals surface area (Å²) in [5.74, 6) is 2.23. The molecule has 1 aromatic heterocycles. The first-order chi connectivity index (χ1) is 11.1. The highest BCUT2D eigenvalue weighted by atomic mass is 35.5. The molecule has 0 radical (unpaired) electrons. The van der Waals surface area contributed by atoms with E-state index in [1.54, 1.807) is 24.3 Å². The third kappa shape index (κ3) is 3.30. The number of carbonyl (C=O) groups is 1. The van der Waals surface area contributed by atoms with E-state index >= 15 is 0 Å². The maximum absolute atomic E-state index is 10.7. The molecule has 0 atom stereocenters. The van der Waals surface area contributed by atoms with Crippen LogP contribution in [0.3, 0.4) is 0 Å². The number of aryl methyl sites for hydroxylation is 2. The first-order valence-electron chi connectivity index (χ1n) is 7.17. The largest absolute Gasteiger partial charge is 0.456 e. The lowest BCUT2D eigenvalue weighted by Crippen LogP contribution is -1.90. The number of ether oxygens (including phenoxy) is 1. The van der Waals surface area contributed by atoms with Crippen LogP contribution in [0.15, 0.2) is 52.9 Å². The first kappa shape index (κ1) is 15.4. The number of aldehydes is 1. The van der Waals surface area contributed by atoms with Gasteiger partial charge in [-0.05, 0) is 61.4 Å². The van der Waals surface area contributed by atoms with E-state index < -0.39 is 0 Å². The van der Waals surface area contributed by atoms with Gasteiger partial charge in [-0.2, -0.15) is 0 Å². The standard InChI is InChI=1S/C19H15ClO3/c1-12-3-4-13(2)19(9-12)23-18-7-5-14(10-16(18)20)17-8-6-15(11-21)22-17/h3-11H,1-2H3. The van der Waals surface area contributed by atoms with Crippen LogP contribution in [-0.2, 0) is 0 Å². The molecular weight excluding hydrogens is 312 g/mol. The zero-order valence-electron chi connectivity index (χ0n) is 12.8. The molecule has 0 bridgehead atoms. The van der Waals surface area contributed by atoms with Gasteiger partial charge in [-0.25, -0.2) is 0 Å². The van der Waals surface area contributed by atoms with Gasteiger partial charge in [-0.15, -0.1) is 0 Å². The van der Waals surface area contributed by atoms with Crippen molar-refractivity contribution in [3.8, 4) is 22.8 Å². The molecule has 0 N–H and O–H groups in total. The Morgan fingerprint density at radius 3 is 2.52 bits per heavy atom. The maximum Gasteiger partial charge on any atom is 0.185 e. The van der Waals surface area contributed by atoms with Crippen LogP contribution < -0.4 is 4.74 Å². The van der Waals surface area contributed by atoms with E-state index in [0.29, 0.717) is 22.8 Å². The predicted octanol–water partition coefficient (Wildman–Crippen LogP) is 5.82. The van der Waals surface area contributed by atoms with Crippen LogP contribution in [0.25, 0.3) is 11.3 Å². The van der Waals surface area contributed by atoms with Gasteiger partial charge >= 0.3 is 0 Å². The van der Waals surface area contributed by atoms with Crippen molar-refractivity contribution in [1.82, 2.24) is 0 Å². The van der Waals surface area contributed by atoms with Crippen LogP contribution in [0.1, 0.15) is 21.7 Å². The highest BCUT2D eigenvalue weighted by molar-refractivity contribution is 6.32. The second kappa shape index (κ2) is 6.31. The Morgan fingerprint density at radius 1 is 1.00 bits per heavy atom. The average molecular weight is 327 g/mol. The summed E-state index contributed by atoms with van der Waals surface area (Å²) >= 11 is 6.33. The van der Waals surface area contributed by atoms with Gasteiger partial charge in [0.25, 0.3) is 0 Å². The van der Waals surface area contributed by atoms with E-state index in [2.05, 4.69) is 0 Å². The van der Waals surface area contributed by atoms with E-state index in [4.69, 9.17) is 20.8 Å². The molecule has 0 aliphatic rings. The Labute approximate surface area is 139 Å². The summed E-state index contributed by atoms with van der Waals surface area (Å²) in [6.45, 7) is 4.00. The van der Waals surface area contributed by atoms with Gasteiger partial charge in [-0.1, -0.05) is 23.7 Å². The van der Waals surface area contributed by atoms with Crippen LogP contribution in [-0.4, -0.2) is 6.29 Å². The molecular formula is C19H15ClO3. The minimum Gasteiger partial charge on any atom is -0.456 e. The number of hydrogen-bond acceptors (Lipinski definition) is 3. The molecule has 3 nitrogen and oxygen atoms in total. The zero-order chi connectivity index (χ0) is 16.4. The van der Waals surface area contributed by atoms with Gasteiger partial charge in [0.1, 0.15) is 17.3 Å². The van der Waals surface area contributed by atoms with Crippen molar-refractivity contribution in [1.29, 1.82) is 0 Å². The van der Waals surface area contributed by atoms with E-state index in [-0.39, 0.29) is 5.76 Å². The zero-order valence-corrected chi connectivity index (χ0v) is 13.6. The molecule has 0 unspecified atom stereocenters. The molecule has 0 saturated heterocycles. The summed E-state index contributed by atoms with van der Waals surface area (Å²) in [7, 11) is 0. The van der Waals surface area contributed by atoms with Crippen molar-refractivity contribution in [3.63, 3.8) is 0 Å². The summed E-state index contributed by atoms with van der Waals surface area (Å²) in [5.41, 5.74) is 2.95. The Hall–Kier alpha value is -2.52. The normalized spacial score (nSPS) is 10.6. The molecule has 0 spiro atoms. The minimum absolute atomic E-state index is 0.284. The Kier molecular flexibility index (Phi) is 4.22. The van der Waals surface area contributed by atoms with Crippen molar-refractivity contribution >= 4 is 17.9 Å². The topological polar surface area (TPSA) is 39.4 Å². The lowest BCUT2D eigenvalue weighted by atomic mass is 10.1. The Bertz CT molecular complexity index is 865. The molecule has 3 aromatic rings. The summed E-state index contributed by atoms with van der Waals surface area (Å²) in [6, 6.07) is 14.8. The summed E-state index contributed by atoms with van der Waals surface area (Å²) in [5, 5.41) is 0.479. The van der Waals surface area contributed by atoms with Gasteiger partial charge < -0.3 is 9.15 Å². The molecule has 0 amide bonds. The minimum atomic E-state index is 0.284. The fourth-order valence-corrected chi connectivity index (χ4v) is 2.46. The maximum atomic E-state index is 10.7. The van der Waals surface area contributed by atoms with E-state index in [9.17, 15) is 4.79 Å². The fraction of sp³-hybridized carbons (Fsp3) is 0.105. The summed E-state index contributed by atoms with van der Waals surface area (Å²) < 4.78 is 11.3. The highest BCUT2D eigenvalue weighted by Crippen LogP contribution is 2.35. The molecule has 116 valence electrons. The van der Waals surface area contributed by atoms with Crippen LogP contribution in [0.2, 0.25) is 5.02 Å². The number of benzene rings is 2. The van der Waals surface area contributed by atoms with Crippen LogP contribution >= 0.6 is 11.6 Å². The van der Waals surface area contributed by atoms with Crippen molar-refractivity contribution in [2.75, 3.05) is 0 Å². The second-order valence-electron chi connectivity index (χ2n) is 5.34. The number of furan rings is 1. The van der Waals surface area contributed by atoms with Crippen LogP contribution in [0.5, 0.6) is 11.5 Å². The van der Waals surface area contributed by atoms with E-state index in [0.717, 1.165) is 22.4 Å². The number of hydrogen-bond donors (Lipinski definition) is 0. The molecule has 2 aromatic carbocycles. The molecule has 0 saturated carbocycles. The van der Waals surface area contributed by atoms with Crippen molar-refractivity contribution in [2.24, 2.45) is 0 Å². The molecule has 0 aliphatic heterocycles. The average Bonchev–Trinajstić information content (AvgIpc) is 3.02. The monoisotopic (exact) mass is 326 g/mol. The molecule has 23 heavy (non-hydrogen) atoms. The molecule has 3 rings (SSSR count). The molecule has 4 heteroatoms. The number of carbonyl (C=O) groups excluding carboxylic acids is 1. The van der Waals surface area contributed by atoms with Gasteiger partial charge in [0, 0.05) is 5.56 Å². The summed E-state index contributed by atoms with van der Waals surface area (Å²) in [4.78, 5) is 10.7.